The summed E-state index contributed by atoms with van der Waals surface area (Å²) in [4.78, 5) is 10.6. The molecule has 0 spiro atoms. The molecule has 10 heteroatoms. The third-order valence-electron chi connectivity index (χ3n) is 3.05. The van der Waals surface area contributed by atoms with E-state index in [-0.39, 0.29) is 27.9 Å². The van der Waals surface area contributed by atoms with Crippen LogP contribution in [0.5, 0.6) is 23.0 Å². The first-order chi connectivity index (χ1) is 11.8. The molecule has 0 aromatic heterocycles. The number of carbonyl (C=O) groups excluding carboxylic acids is 1. The fourth-order valence-corrected chi connectivity index (χ4v) is 2.91. The van der Waals surface area contributed by atoms with Gasteiger partial charge in [0.05, 0.1) is 14.2 Å². The number of nitrogens with one attached hydrogen (secondary N) is 1. The Labute approximate surface area is 144 Å². The van der Waals surface area contributed by atoms with Gasteiger partial charge in [0.2, 0.25) is 5.75 Å². The lowest BCUT2D eigenvalue weighted by atomic mass is 10.3. The van der Waals surface area contributed by atoms with E-state index in [4.69, 9.17) is 19.4 Å². The number of aromatic hydroxyl groups is 1. The van der Waals surface area contributed by atoms with Crippen molar-refractivity contribution in [2.45, 2.75) is 4.90 Å². The van der Waals surface area contributed by atoms with E-state index >= 15 is 0 Å². The first kappa shape index (κ1) is 18.2. The fraction of sp³-hybridized carbons (Fsp3) is 0.133. The maximum Gasteiger partial charge on any atom is 0.339 e. The molecule has 2 amide bonds. The van der Waals surface area contributed by atoms with Gasteiger partial charge in [-0.3, -0.25) is 0 Å². The van der Waals surface area contributed by atoms with Gasteiger partial charge in [0, 0.05) is 17.8 Å². The van der Waals surface area contributed by atoms with Gasteiger partial charge in [0.25, 0.3) is 0 Å². The summed E-state index contributed by atoms with van der Waals surface area (Å²) in [5.74, 6) is -0.342. The van der Waals surface area contributed by atoms with Crippen LogP contribution in [0.15, 0.2) is 41.3 Å². The van der Waals surface area contributed by atoms with Crippen molar-refractivity contribution in [2.24, 2.45) is 5.73 Å². The van der Waals surface area contributed by atoms with Crippen LogP contribution in [0.2, 0.25) is 0 Å². The number of methoxy groups -OCH3 is 2. The second-order valence-electron chi connectivity index (χ2n) is 4.73. The number of benzene rings is 2. The van der Waals surface area contributed by atoms with Gasteiger partial charge in [-0.25, -0.2) is 4.79 Å². The number of phenolic OH excluding ortho intramolecular Hbond substituents is 1. The molecule has 0 bridgehead atoms. The SMILES string of the molecule is COc1cc(OS(=O)(=O)c2ccc(NC(N)=O)cc2)cc(O)c1OC. The number of hydrogen-bond acceptors (Lipinski definition) is 7. The molecule has 0 saturated heterocycles. The summed E-state index contributed by atoms with van der Waals surface area (Å²) in [7, 11) is -1.51. The minimum atomic E-state index is -4.17. The van der Waals surface area contributed by atoms with Gasteiger partial charge in [-0.05, 0) is 24.3 Å². The van der Waals surface area contributed by atoms with E-state index in [1.807, 2.05) is 0 Å². The van der Waals surface area contributed by atoms with E-state index in [9.17, 15) is 18.3 Å². The third kappa shape index (κ3) is 4.23. The van der Waals surface area contributed by atoms with E-state index in [1.165, 1.54) is 44.6 Å². The molecule has 134 valence electrons. The highest BCUT2D eigenvalue weighted by Crippen LogP contribution is 2.40. The van der Waals surface area contributed by atoms with Crippen LogP contribution >= 0.6 is 0 Å². The summed E-state index contributed by atoms with van der Waals surface area (Å²) >= 11 is 0. The Morgan fingerprint density at radius 1 is 1.12 bits per heavy atom. The van der Waals surface area contributed by atoms with Crippen LogP contribution in [-0.4, -0.2) is 33.8 Å². The lowest BCUT2D eigenvalue weighted by Crippen LogP contribution is -2.19. The van der Waals surface area contributed by atoms with Crippen LogP contribution in [0, 0.1) is 0 Å². The number of rotatable bonds is 6. The summed E-state index contributed by atoms with van der Waals surface area (Å²) in [6, 6.07) is 6.76. The predicted octanol–water partition coefficient (Wildman–Crippen LogP) is 1.67. The molecule has 0 atom stereocenters. The lowest BCUT2D eigenvalue weighted by molar-refractivity contribution is 0.259. The highest BCUT2D eigenvalue weighted by atomic mass is 32.2. The quantitative estimate of drug-likeness (QED) is 0.659. The Morgan fingerprint density at radius 3 is 2.28 bits per heavy atom. The summed E-state index contributed by atoms with van der Waals surface area (Å²) in [5, 5.41) is 12.2. The van der Waals surface area contributed by atoms with Crippen LogP contribution < -0.4 is 24.7 Å². The number of anilines is 1. The van der Waals surface area contributed by atoms with E-state index < -0.39 is 16.1 Å². The van der Waals surface area contributed by atoms with Crippen LogP contribution in [0.25, 0.3) is 0 Å². The number of hydrogen-bond donors (Lipinski definition) is 3. The normalized spacial score (nSPS) is 10.8. The molecule has 0 aliphatic heterocycles. The number of ether oxygens (including phenoxy) is 2. The molecule has 4 N–H and O–H groups in total. The van der Waals surface area contributed by atoms with Crippen LogP contribution in [0.3, 0.4) is 0 Å². The second kappa shape index (κ2) is 7.18. The van der Waals surface area contributed by atoms with E-state index in [0.717, 1.165) is 6.07 Å². The molecule has 0 heterocycles. The molecule has 0 aliphatic carbocycles. The van der Waals surface area contributed by atoms with Gasteiger partial charge in [-0.1, -0.05) is 0 Å². The number of nitrogens with two attached hydrogens (primary N) is 1. The Hall–Kier alpha value is -3.14. The summed E-state index contributed by atoms with van der Waals surface area (Å²) in [6.07, 6.45) is 0. The maximum atomic E-state index is 12.3. The van der Waals surface area contributed by atoms with E-state index in [0.29, 0.717) is 5.69 Å². The number of primary amides is 1. The third-order valence-corrected chi connectivity index (χ3v) is 4.31. The number of carbonyl (C=O) groups is 1. The molecule has 0 radical (unpaired) electrons. The monoisotopic (exact) mass is 368 g/mol. The lowest BCUT2D eigenvalue weighted by Gasteiger charge is -2.12. The van der Waals surface area contributed by atoms with Crippen molar-refractivity contribution in [2.75, 3.05) is 19.5 Å². The molecule has 0 saturated carbocycles. The Morgan fingerprint density at radius 2 is 1.76 bits per heavy atom. The number of phenols is 1. The van der Waals surface area contributed by atoms with Crippen LogP contribution in [0.1, 0.15) is 0 Å². The molecule has 2 rings (SSSR count). The Balaban J connectivity index is 2.29. The van der Waals surface area contributed by atoms with E-state index in [2.05, 4.69) is 5.32 Å². The predicted molar refractivity (Wildman–Crippen MR) is 88.7 cm³/mol. The van der Waals surface area contributed by atoms with Crippen molar-refractivity contribution in [3.05, 3.63) is 36.4 Å². The van der Waals surface area contributed by atoms with E-state index in [1.54, 1.807) is 0 Å². The Kier molecular flexibility index (Phi) is 5.22. The molecule has 9 nitrogen and oxygen atoms in total. The second-order valence-corrected chi connectivity index (χ2v) is 6.28. The highest BCUT2D eigenvalue weighted by molar-refractivity contribution is 7.87. The molecular weight excluding hydrogens is 352 g/mol. The molecule has 0 fully saturated rings. The first-order valence-electron chi connectivity index (χ1n) is 6.83. The molecule has 0 unspecified atom stereocenters. The average Bonchev–Trinajstić information content (AvgIpc) is 2.53. The highest BCUT2D eigenvalue weighted by Gasteiger charge is 2.20. The van der Waals surface area contributed by atoms with Gasteiger partial charge in [0.15, 0.2) is 17.2 Å². The molecule has 25 heavy (non-hydrogen) atoms. The molecular formula is C15H16N2O7S. The minimum Gasteiger partial charge on any atom is -0.504 e. The van der Waals surface area contributed by atoms with Gasteiger partial charge < -0.3 is 29.8 Å². The smallest absolute Gasteiger partial charge is 0.339 e. The number of amides is 2. The topological polar surface area (TPSA) is 137 Å². The summed E-state index contributed by atoms with van der Waals surface area (Å²) in [5.41, 5.74) is 5.31. The summed E-state index contributed by atoms with van der Waals surface area (Å²) < 4.78 is 39.6. The summed E-state index contributed by atoms with van der Waals surface area (Å²) in [6.45, 7) is 0. The number of urea groups is 1. The standard InChI is InChI=1S/C15H16N2O7S/c1-22-13-8-10(7-12(18)14(13)23-2)24-25(20,21)11-5-3-9(4-6-11)17-15(16)19/h3-8,18H,1-2H3,(H3,16,17,19). The van der Waals surface area contributed by atoms with Crippen LogP contribution in [-0.2, 0) is 10.1 Å². The zero-order valence-electron chi connectivity index (χ0n) is 13.3. The Bertz CT molecular complexity index is 879. The van der Waals surface area contributed by atoms with Crippen molar-refractivity contribution >= 4 is 21.8 Å². The first-order valence-corrected chi connectivity index (χ1v) is 8.23. The minimum absolute atomic E-state index is 0.0501. The average molecular weight is 368 g/mol. The molecule has 2 aromatic carbocycles. The zero-order chi connectivity index (χ0) is 18.6. The van der Waals surface area contributed by atoms with Gasteiger partial charge in [-0.2, -0.15) is 8.42 Å². The van der Waals surface area contributed by atoms with Crippen molar-refractivity contribution < 1.29 is 32.0 Å². The van der Waals surface area contributed by atoms with Gasteiger partial charge in [-0.15, -0.1) is 0 Å². The maximum absolute atomic E-state index is 12.3. The van der Waals surface area contributed by atoms with Gasteiger partial charge >= 0.3 is 16.1 Å². The fourth-order valence-electron chi connectivity index (χ4n) is 1.99. The van der Waals surface area contributed by atoms with Crippen molar-refractivity contribution in [3.63, 3.8) is 0 Å². The molecule has 0 aliphatic rings. The van der Waals surface area contributed by atoms with Crippen molar-refractivity contribution in [1.29, 1.82) is 0 Å². The molecule has 2 aromatic rings. The van der Waals surface area contributed by atoms with Crippen molar-refractivity contribution in [1.82, 2.24) is 0 Å². The largest absolute Gasteiger partial charge is 0.504 e. The van der Waals surface area contributed by atoms with Crippen molar-refractivity contribution in [3.8, 4) is 23.0 Å². The van der Waals surface area contributed by atoms with Crippen LogP contribution in [0.4, 0.5) is 10.5 Å². The zero-order valence-corrected chi connectivity index (χ0v) is 14.2. The van der Waals surface area contributed by atoms with Gasteiger partial charge in [0.1, 0.15) is 4.90 Å².